The number of hydrogen-bond donors (Lipinski definition) is 2. The number of urea groups is 1. The highest BCUT2D eigenvalue weighted by Gasteiger charge is 2.24. The van der Waals surface area contributed by atoms with Crippen LogP contribution in [0.4, 0.5) is 9.18 Å². The van der Waals surface area contributed by atoms with Crippen molar-refractivity contribution in [1.29, 1.82) is 0 Å². The Hall–Kier alpha value is -2.19. The number of amides is 3. The lowest BCUT2D eigenvalue weighted by Gasteiger charge is -2.11. The molecule has 1 aromatic heterocycles. The molecule has 22 heavy (non-hydrogen) atoms. The fourth-order valence-corrected chi connectivity index (χ4v) is 3.08. The van der Waals surface area contributed by atoms with Gasteiger partial charge in [-0.25, -0.2) is 14.0 Å². The number of imide groups is 1. The number of thiophene rings is 1. The maximum atomic E-state index is 13.2. The maximum Gasteiger partial charge on any atom is 0.350 e. The average molecular weight is 345 g/mol. The molecule has 0 spiro atoms. The number of benzene rings is 1. The van der Waals surface area contributed by atoms with Crippen LogP contribution >= 0.6 is 22.9 Å². The summed E-state index contributed by atoms with van der Waals surface area (Å²) in [6, 6.07) is 2.86. The van der Waals surface area contributed by atoms with E-state index >= 15 is 0 Å². The zero-order valence-electron chi connectivity index (χ0n) is 11.2. The topological polar surface area (TPSA) is 98.5 Å². The van der Waals surface area contributed by atoms with Crippen LogP contribution in [0.2, 0.25) is 5.02 Å². The molecule has 116 valence electrons. The van der Waals surface area contributed by atoms with Gasteiger partial charge in [0.2, 0.25) is 0 Å². The Morgan fingerprint density at radius 1 is 1.41 bits per heavy atom. The van der Waals surface area contributed by atoms with Gasteiger partial charge >= 0.3 is 12.0 Å². The first-order valence-electron chi connectivity index (χ1n) is 5.98. The van der Waals surface area contributed by atoms with Crippen LogP contribution in [0.1, 0.15) is 16.6 Å². The van der Waals surface area contributed by atoms with Crippen molar-refractivity contribution in [3.63, 3.8) is 0 Å². The Morgan fingerprint density at radius 3 is 2.73 bits per heavy atom. The predicted molar refractivity (Wildman–Crippen MR) is 79.4 cm³/mol. The van der Waals surface area contributed by atoms with E-state index in [4.69, 9.17) is 22.1 Å². The molecule has 0 aliphatic heterocycles. The molecule has 0 radical (unpaired) electrons. The molecule has 9 heteroatoms. The van der Waals surface area contributed by atoms with Gasteiger partial charge in [0.1, 0.15) is 10.7 Å². The van der Waals surface area contributed by atoms with Crippen molar-refractivity contribution in [2.45, 2.75) is 13.0 Å². The van der Waals surface area contributed by atoms with Gasteiger partial charge in [0, 0.05) is 10.1 Å². The molecule has 2 aromatic rings. The third kappa shape index (κ3) is 3.34. The molecule has 1 heterocycles. The minimum absolute atomic E-state index is 0.0426. The molecule has 0 unspecified atom stereocenters. The first-order chi connectivity index (χ1) is 10.3. The average Bonchev–Trinajstić information content (AvgIpc) is 2.74. The van der Waals surface area contributed by atoms with Gasteiger partial charge in [-0.2, -0.15) is 0 Å². The second-order valence-corrected chi connectivity index (χ2v) is 5.72. The molecule has 3 amide bonds. The number of esters is 1. The number of carbonyl (C=O) groups excluding carboxylic acids is 3. The van der Waals surface area contributed by atoms with Crippen LogP contribution in [-0.2, 0) is 9.53 Å². The quantitative estimate of drug-likeness (QED) is 0.835. The van der Waals surface area contributed by atoms with Crippen molar-refractivity contribution in [1.82, 2.24) is 5.32 Å². The van der Waals surface area contributed by atoms with Gasteiger partial charge in [0.05, 0.1) is 5.02 Å². The van der Waals surface area contributed by atoms with E-state index in [0.717, 1.165) is 11.3 Å². The van der Waals surface area contributed by atoms with Crippen LogP contribution < -0.4 is 11.1 Å². The first kappa shape index (κ1) is 16.2. The van der Waals surface area contributed by atoms with E-state index < -0.39 is 29.8 Å². The summed E-state index contributed by atoms with van der Waals surface area (Å²) in [5, 5.41) is 2.42. The molecule has 6 nitrogen and oxygen atoms in total. The van der Waals surface area contributed by atoms with E-state index in [9.17, 15) is 18.8 Å². The highest BCUT2D eigenvalue weighted by Crippen LogP contribution is 2.36. The van der Waals surface area contributed by atoms with Gasteiger partial charge in [0.25, 0.3) is 5.91 Å². The zero-order chi connectivity index (χ0) is 16.4. The van der Waals surface area contributed by atoms with E-state index in [1.807, 2.05) is 0 Å². The SMILES string of the molecule is C[C@@H](OC(=O)c1sc2cc(F)ccc2c1Cl)C(=O)NC(N)=O. The van der Waals surface area contributed by atoms with E-state index in [1.165, 1.54) is 25.1 Å². The van der Waals surface area contributed by atoms with E-state index in [1.54, 1.807) is 5.32 Å². The van der Waals surface area contributed by atoms with Gasteiger partial charge in [-0.15, -0.1) is 11.3 Å². The Bertz CT molecular complexity index is 777. The molecule has 0 bridgehead atoms. The molecule has 1 atom stereocenters. The summed E-state index contributed by atoms with van der Waals surface area (Å²) in [6.45, 7) is 1.27. The van der Waals surface area contributed by atoms with Crippen LogP contribution in [0.5, 0.6) is 0 Å². The predicted octanol–water partition coefficient (Wildman–Crippen LogP) is 2.43. The highest BCUT2D eigenvalue weighted by atomic mass is 35.5. The van der Waals surface area contributed by atoms with Crippen LogP contribution in [0, 0.1) is 5.82 Å². The summed E-state index contributed by atoms with van der Waals surface area (Å²) < 4.78 is 18.6. The van der Waals surface area contributed by atoms with Crippen LogP contribution in [0.25, 0.3) is 10.1 Å². The maximum absolute atomic E-state index is 13.2. The second-order valence-electron chi connectivity index (χ2n) is 4.29. The number of nitrogens with one attached hydrogen (secondary N) is 1. The number of rotatable bonds is 3. The van der Waals surface area contributed by atoms with E-state index in [-0.39, 0.29) is 9.90 Å². The molecule has 0 fully saturated rings. The van der Waals surface area contributed by atoms with Gasteiger partial charge < -0.3 is 10.5 Å². The summed E-state index contributed by atoms with van der Waals surface area (Å²) in [4.78, 5) is 34.1. The third-order valence-corrected chi connectivity index (χ3v) is 4.31. The molecular weight excluding hydrogens is 335 g/mol. The van der Waals surface area contributed by atoms with Gasteiger partial charge in [-0.1, -0.05) is 11.6 Å². The van der Waals surface area contributed by atoms with Gasteiger partial charge in [-0.05, 0) is 25.1 Å². The molecule has 0 aliphatic carbocycles. The van der Waals surface area contributed by atoms with Crippen molar-refractivity contribution in [2.75, 3.05) is 0 Å². The summed E-state index contributed by atoms with van der Waals surface area (Å²) in [6.07, 6.45) is -1.24. The molecule has 0 saturated heterocycles. The zero-order valence-corrected chi connectivity index (χ0v) is 12.8. The second kappa shape index (κ2) is 6.29. The highest BCUT2D eigenvalue weighted by molar-refractivity contribution is 7.21. The summed E-state index contributed by atoms with van der Waals surface area (Å²) in [5.74, 6) is -2.16. The first-order valence-corrected chi connectivity index (χ1v) is 7.18. The number of nitrogens with two attached hydrogens (primary N) is 1. The minimum atomic E-state index is -1.24. The van der Waals surface area contributed by atoms with Gasteiger partial charge in [-0.3, -0.25) is 10.1 Å². The Labute approximate surface area is 133 Å². The summed E-state index contributed by atoms with van der Waals surface area (Å²) >= 11 is 7.01. The lowest BCUT2D eigenvalue weighted by molar-refractivity contribution is -0.127. The van der Waals surface area contributed by atoms with Crippen molar-refractivity contribution in [3.05, 3.63) is 33.9 Å². The van der Waals surface area contributed by atoms with Crippen LogP contribution in [0.3, 0.4) is 0 Å². The Kier molecular flexibility index (Phi) is 4.62. The normalized spacial score (nSPS) is 12.0. The van der Waals surface area contributed by atoms with Crippen molar-refractivity contribution >= 4 is 50.9 Å². The lowest BCUT2D eigenvalue weighted by Crippen LogP contribution is -2.42. The summed E-state index contributed by atoms with van der Waals surface area (Å²) in [7, 11) is 0. The van der Waals surface area contributed by atoms with Crippen molar-refractivity contribution in [3.8, 4) is 0 Å². The molecule has 1 aromatic carbocycles. The largest absolute Gasteiger partial charge is 0.448 e. The number of carbonyl (C=O) groups is 3. The fraction of sp³-hybridized carbons (Fsp3) is 0.154. The Morgan fingerprint density at radius 2 is 2.09 bits per heavy atom. The Balaban J connectivity index is 2.21. The van der Waals surface area contributed by atoms with Crippen LogP contribution in [-0.4, -0.2) is 24.0 Å². The number of ether oxygens (including phenoxy) is 1. The molecule has 0 saturated carbocycles. The number of hydrogen-bond acceptors (Lipinski definition) is 5. The van der Waals surface area contributed by atoms with Crippen molar-refractivity contribution < 1.29 is 23.5 Å². The number of fused-ring (bicyclic) bond motifs is 1. The number of primary amides is 1. The molecular formula is C13H10ClFN2O4S. The molecule has 3 N–H and O–H groups in total. The van der Waals surface area contributed by atoms with E-state index in [0.29, 0.717) is 10.1 Å². The minimum Gasteiger partial charge on any atom is -0.448 e. The smallest absolute Gasteiger partial charge is 0.350 e. The third-order valence-electron chi connectivity index (χ3n) is 2.68. The van der Waals surface area contributed by atoms with Crippen molar-refractivity contribution in [2.24, 2.45) is 5.73 Å². The fourth-order valence-electron chi connectivity index (χ4n) is 1.66. The standard InChI is InChI=1S/C13H10ClFN2O4S/c1-5(11(18)17-13(16)20)21-12(19)10-9(14)7-3-2-6(15)4-8(7)22-10/h2-5H,1H3,(H3,16,17,18,20)/t5-/m1/s1. The molecule has 2 rings (SSSR count). The van der Waals surface area contributed by atoms with Gasteiger partial charge in [0.15, 0.2) is 6.10 Å². The van der Waals surface area contributed by atoms with E-state index in [2.05, 4.69) is 0 Å². The number of halogens is 2. The lowest BCUT2D eigenvalue weighted by atomic mass is 10.2. The molecule has 0 aliphatic rings. The van der Waals surface area contributed by atoms with Crippen LogP contribution in [0.15, 0.2) is 18.2 Å². The summed E-state index contributed by atoms with van der Waals surface area (Å²) in [5.41, 5.74) is 4.80. The monoisotopic (exact) mass is 344 g/mol.